The summed E-state index contributed by atoms with van der Waals surface area (Å²) in [5, 5.41) is 6.53. The highest BCUT2D eigenvalue weighted by molar-refractivity contribution is 7.09. The summed E-state index contributed by atoms with van der Waals surface area (Å²) in [6.07, 6.45) is 0.940. The van der Waals surface area contributed by atoms with E-state index in [9.17, 15) is 0 Å². The number of anilines is 1. The molecule has 0 unspecified atom stereocenters. The van der Waals surface area contributed by atoms with E-state index in [4.69, 9.17) is 0 Å². The van der Waals surface area contributed by atoms with Crippen molar-refractivity contribution in [2.75, 3.05) is 12.4 Å². The highest BCUT2D eigenvalue weighted by Crippen LogP contribution is 2.23. The molecule has 1 aromatic heterocycles. The third kappa shape index (κ3) is 2.67. The molecule has 0 atom stereocenters. The second-order valence-corrected chi connectivity index (χ2v) is 5.35. The highest BCUT2D eigenvalue weighted by atomic mass is 32.1. The lowest BCUT2D eigenvalue weighted by molar-refractivity contribution is 1.08. The zero-order valence-electron chi connectivity index (χ0n) is 10.8. The maximum absolute atomic E-state index is 4.52. The lowest BCUT2D eigenvalue weighted by Crippen LogP contribution is -1.97. The number of hydrogen-bond acceptors (Lipinski definition) is 3. The molecular formula is C14H18N2S. The summed E-state index contributed by atoms with van der Waals surface area (Å²) >= 11 is 1.74. The molecule has 1 heterocycles. The topological polar surface area (TPSA) is 24.9 Å². The summed E-state index contributed by atoms with van der Waals surface area (Å²) < 4.78 is 0. The van der Waals surface area contributed by atoms with E-state index in [0.717, 1.165) is 12.1 Å². The van der Waals surface area contributed by atoms with Gasteiger partial charge in [-0.1, -0.05) is 6.07 Å². The van der Waals surface area contributed by atoms with Gasteiger partial charge in [-0.05, 0) is 43.5 Å². The van der Waals surface area contributed by atoms with Crippen LogP contribution in [0, 0.1) is 20.8 Å². The van der Waals surface area contributed by atoms with Crippen LogP contribution in [0.1, 0.15) is 27.4 Å². The van der Waals surface area contributed by atoms with Gasteiger partial charge in [0.1, 0.15) is 0 Å². The fourth-order valence-electron chi connectivity index (χ4n) is 1.98. The Labute approximate surface area is 107 Å². The molecule has 2 nitrogen and oxygen atoms in total. The van der Waals surface area contributed by atoms with Crippen molar-refractivity contribution in [3.05, 3.63) is 44.9 Å². The Kier molecular flexibility index (Phi) is 3.48. The first kappa shape index (κ1) is 12.1. The maximum Gasteiger partial charge on any atom is 0.0972 e. The van der Waals surface area contributed by atoms with E-state index in [-0.39, 0.29) is 0 Å². The molecule has 90 valence electrons. The molecule has 0 bridgehead atoms. The lowest BCUT2D eigenvalue weighted by atomic mass is 10.0. The average molecular weight is 246 g/mol. The Bertz CT molecular complexity index is 529. The molecule has 1 aromatic carbocycles. The Morgan fingerprint density at radius 3 is 2.53 bits per heavy atom. The van der Waals surface area contributed by atoms with Crippen LogP contribution in [-0.2, 0) is 6.42 Å². The Morgan fingerprint density at radius 1 is 1.18 bits per heavy atom. The lowest BCUT2D eigenvalue weighted by Gasteiger charge is -2.11. The van der Waals surface area contributed by atoms with E-state index in [1.165, 1.54) is 27.4 Å². The third-order valence-electron chi connectivity index (χ3n) is 2.96. The van der Waals surface area contributed by atoms with Crippen molar-refractivity contribution in [1.29, 1.82) is 0 Å². The van der Waals surface area contributed by atoms with E-state index in [2.05, 4.69) is 41.7 Å². The van der Waals surface area contributed by atoms with Gasteiger partial charge in [0.05, 0.1) is 5.01 Å². The van der Waals surface area contributed by atoms with E-state index in [1.54, 1.807) is 11.3 Å². The number of rotatable bonds is 3. The van der Waals surface area contributed by atoms with Gasteiger partial charge in [-0.2, -0.15) is 0 Å². The minimum absolute atomic E-state index is 0.940. The predicted molar refractivity (Wildman–Crippen MR) is 75.1 cm³/mol. The van der Waals surface area contributed by atoms with Gasteiger partial charge in [-0.15, -0.1) is 11.3 Å². The van der Waals surface area contributed by atoms with Crippen LogP contribution in [0.2, 0.25) is 0 Å². The number of aromatic nitrogens is 1. The first-order valence-electron chi connectivity index (χ1n) is 5.79. The van der Waals surface area contributed by atoms with Crippen molar-refractivity contribution in [1.82, 2.24) is 4.98 Å². The summed E-state index contributed by atoms with van der Waals surface area (Å²) in [6, 6.07) is 4.48. The molecular weight excluding hydrogens is 228 g/mol. The monoisotopic (exact) mass is 246 g/mol. The molecule has 0 fully saturated rings. The zero-order valence-corrected chi connectivity index (χ0v) is 11.6. The normalized spacial score (nSPS) is 10.6. The number of hydrogen-bond donors (Lipinski definition) is 1. The standard InChI is InChI=1S/C14H18N2S/c1-9-6-13(15-4)10(2)5-12(9)7-14-16-11(3)8-17-14/h5-6,8,15H,7H2,1-4H3. The van der Waals surface area contributed by atoms with Gasteiger partial charge >= 0.3 is 0 Å². The zero-order chi connectivity index (χ0) is 12.4. The molecule has 0 aliphatic rings. The van der Waals surface area contributed by atoms with Gasteiger partial charge in [0.25, 0.3) is 0 Å². The minimum atomic E-state index is 0.940. The van der Waals surface area contributed by atoms with E-state index < -0.39 is 0 Å². The largest absolute Gasteiger partial charge is 0.388 e. The average Bonchev–Trinajstić information content (AvgIpc) is 2.69. The van der Waals surface area contributed by atoms with Gasteiger partial charge in [-0.3, -0.25) is 0 Å². The van der Waals surface area contributed by atoms with Gasteiger partial charge in [0.15, 0.2) is 0 Å². The first-order chi connectivity index (χ1) is 8.10. The smallest absolute Gasteiger partial charge is 0.0972 e. The van der Waals surface area contributed by atoms with Crippen molar-refractivity contribution in [3.63, 3.8) is 0 Å². The van der Waals surface area contributed by atoms with E-state index >= 15 is 0 Å². The van der Waals surface area contributed by atoms with E-state index in [1.807, 2.05) is 14.0 Å². The Hall–Kier alpha value is -1.35. The number of aryl methyl sites for hydroxylation is 3. The molecule has 17 heavy (non-hydrogen) atoms. The molecule has 3 heteroatoms. The molecule has 2 aromatic rings. The molecule has 0 radical (unpaired) electrons. The van der Waals surface area contributed by atoms with Gasteiger partial charge in [0.2, 0.25) is 0 Å². The molecule has 2 rings (SSSR count). The molecule has 0 spiro atoms. The summed E-state index contributed by atoms with van der Waals surface area (Å²) in [5.74, 6) is 0. The maximum atomic E-state index is 4.52. The molecule has 0 aliphatic carbocycles. The molecule has 0 saturated carbocycles. The fraction of sp³-hybridized carbons (Fsp3) is 0.357. The van der Waals surface area contributed by atoms with Crippen LogP contribution >= 0.6 is 11.3 Å². The third-order valence-corrected chi connectivity index (χ3v) is 3.93. The van der Waals surface area contributed by atoms with E-state index in [0.29, 0.717) is 0 Å². The molecule has 0 amide bonds. The first-order valence-corrected chi connectivity index (χ1v) is 6.67. The number of nitrogens with zero attached hydrogens (tertiary/aromatic N) is 1. The van der Waals surface area contributed by atoms with Crippen molar-refractivity contribution in [2.24, 2.45) is 0 Å². The van der Waals surface area contributed by atoms with Crippen LogP contribution in [0.25, 0.3) is 0 Å². The highest BCUT2D eigenvalue weighted by Gasteiger charge is 2.06. The predicted octanol–water partition coefficient (Wildman–Crippen LogP) is 3.70. The van der Waals surface area contributed by atoms with Crippen molar-refractivity contribution < 1.29 is 0 Å². The molecule has 0 aliphatic heterocycles. The molecule has 0 saturated heterocycles. The van der Waals surface area contributed by atoms with Crippen LogP contribution in [-0.4, -0.2) is 12.0 Å². The fourth-order valence-corrected chi connectivity index (χ4v) is 2.78. The van der Waals surface area contributed by atoms with Crippen LogP contribution in [0.5, 0.6) is 0 Å². The summed E-state index contributed by atoms with van der Waals surface area (Å²) in [6.45, 7) is 6.35. The van der Waals surface area contributed by atoms with Crippen molar-refractivity contribution in [3.8, 4) is 0 Å². The second-order valence-electron chi connectivity index (χ2n) is 4.40. The summed E-state index contributed by atoms with van der Waals surface area (Å²) in [7, 11) is 1.96. The minimum Gasteiger partial charge on any atom is -0.388 e. The number of thiazole rings is 1. The van der Waals surface area contributed by atoms with Crippen molar-refractivity contribution >= 4 is 17.0 Å². The number of nitrogens with one attached hydrogen (secondary N) is 1. The second kappa shape index (κ2) is 4.88. The molecule has 1 N–H and O–H groups in total. The number of benzene rings is 1. The van der Waals surface area contributed by atoms with Crippen LogP contribution in [0.4, 0.5) is 5.69 Å². The van der Waals surface area contributed by atoms with Crippen LogP contribution in [0.3, 0.4) is 0 Å². The van der Waals surface area contributed by atoms with Crippen molar-refractivity contribution in [2.45, 2.75) is 27.2 Å². The summed E-state index contributed by atoms with van der Waals surface area (Å²) in [4.78, 5) is 4.52. The Morgan fingerprint density at radius 2 is 1.94 bits per heavy atom. The van der Waals surface area contributed by atoms with Gasteiger partial charge in [0, 0.05) is 30.2 Å². The summed E-state index contributed by atoms with van der Waals surface area (Å²) in [5.41, 5.74) is 6.32. The SMILES string of the molecule is CNc1cc(C)c(Cc2nc(C)cs2)cc1C. The Balaban J connectivity index is 2.30. The van der Waals surface area contributed by atoms with Crippen LogP contribution < -0.4 is 5.32 Å². The van der Waals surface area contributed by atoms with Gasteiger partial charge in [-0.25, -0.2) is 4.98 Å². The quantitative estimate of drug-likeness (QED) is 0.893. The van der Waals surface area contributed by atoms with Gasteiger partial charge < -0.3 is 5.32 Å². The van der Waals surface area contributed by atoms with Crippen LogP contribution in [0.15, 0.2) is 17.5 Å².